The van der Waals surface area contributed by atoms with E-state index >= 15 is 0 Å². The average molecular weight is 348 g/mol. The van der Waals surface area contributed by atoms with Gasteiger partial charge in [0, 0.05) is 68.0 Å². The Labute approximate surface area is 153 Å². The Bertz CT molecular complexity index is 865. The fraction of sp³-hybridized carbons (Fsp3) is 0.350. The van der Waals surface area contributed by atoms with Crippen molar-refractivity contribution in [2.45, 2.75) is 18.8 Å². The molecular weight excluding hydrogens is 324 g/mol. The summed E-state index contributed by atoms with van der Waals surface area (Å²) in [6.07, 6.45) is 7.72. The Balaban J connectivity index is 1.60. The van der Waals surface area contributed by atoms with Gasteiger partial charge in [-0.2, -0.15) is 0 Å². The third-order valence-electron chi connectivity index (χ3n) is 5.20. The maximum Gasteiger partial charge on any atom is 0.135 e. The highest BCUT2D eigenvalue weighted by molar-refractivity contribution is 5.81. The van der Waals surface area contributed by atoms with Crippen LogP contribution in [0.15, 0.2) is 49.1 Å². The van der Waals surface area contributed by atoms with Crippen molar-refractivity contribution < 1.29 is 0 Å². The van der Waals surface area contributed by atoms with Gasteiger partial charge in [-0.3, -0.25) is 4.98 Å². The number of rotatable bonds is 4. The van der Waals surface area contributed by atoms with Gasteiger partial charge in [-0.25, -0.2) is 0 Å². The third-order valence-corrected chi connectivity index (χ3v) is 5.20. The van der Waals surface area contributed by atoms with Crippen LogP contribution in [-0.2, 0) is 7.05 Å². The van der Waals surface area contributed by atoms with Gasteiger partial charge in [0.25, 0.3) is 0 Å². The molecule has 1 aliphatic rings. The molecule has 0 amide bonds. The summed E-state index contributed by atoms with van der Waals surface area (Å²) >= 11 is 0. The number of anilines is 2. The molecule has 0 unspecified atom stereocenters. The first-order chi connectivity index (χ1) is 12.8. The van der Waals surface area contributed by atoms with Gasteiger partial charge < -0.3 is 14.8 Å². The van der Waals surface area contributed by atoms with Gasteiger partial charge in [-0.05, 0) is 37.1 Å². The molecule has 1 saturated heterocycles. The van der Waals surface area contributed by atoms with Crippen molar-refractivity contribution in [3.05, 3.63) is 54.9 Å². The van der Waals surface area contributed by atoms with Crippen LogP contribution in [0.1, 0.15) is 24.6 Å². The Morgan fingerprint density at radius 1 is 1.15 bits per heavy atom. The summed E-state index contributed by atoms with van der Waals surface area (Å²) in [5.41, 5.74) is 4.76. The number of nitrogens with zero attached hydrogens (tertiary/aromatic N) is 5. The molecular formula is C20H24N6. The zero-order valence-corrected chi connectivity index (χ0v) is 15.3. The molecule has 6 nitrogen and oxygen atoms in total. The summed E-state index contributed by atoms with van der Waals surface area (Å²) in [5.74, 6) is 1.58. The highest BCUT2D eigenvalue weighted by atomic mass is 15.3. The number of hydrogen-bond acceptors (Lipinski definition) is 5. The quantitative estimate of drug-likeness (QED) is 0.784. The van der Waals surface area contributed by atoms with Crippen LogP contribution >= 0.6 is 0 Å². The first kappa shape index (κ1) is 16.6. The second kappa shape index (κ2) is 7.15. The molecule has 0 bridgehead atoms. The summed E-state index contributed by atoms with van der Waals surface area (Å²) in [5, 5.41) is 11.6. The van der Waals surface area contributed by atoms with E-state index in [2.05, 4.69) is 49.7 Å². The van der Waals surface area contributed by atoms with E-state index in [9.17, 15) is 0 Å². The molecule has 0 spiro atoms. The van der Waals surface area contributed by atoms with Crippen LogP contribution in [0.3, 0.4) is 0 Å². The Kier molecular flexibility index (Phi) is 4.56. The summed E-state index contributed by atoms with van der Waals surface area (Å²) in [7, 11) is 3.98. The lowest BCUT2D eigenvalue weighted by molar-refractivity contribution is 0.474. The molecule has 1 fully saturated rings. The lowest BCUT2D eigenvalue weighted by Crippen LogP contribution is -2.34. The normalized spacial score (nSPS) is 15.2. The molecule has 2 aromatic heterocycles. The molecule has 134 valence electrons. The molecule has 3 heterocycles. The standard InChI is InChI=1S/C20H24N6/c1-21-17-5-6-19(18(12-17)16-4-3-9-22-13-16)26-10-7-15(8-11-26)20-24-23-14-25(20)2/h3-6,9,12-15,21H,7-8,10-11H2,1-2H3. The fourth-order valence-electron chi connectivity index (χ4n) is 3.76. The monoisotopic (exact) mass is 348 g/mol. The zero-order valence-electron chi connectivity index (χ0n) is 15.3. The molecule has 0 radical (unpaired) electrons. The van der Waals surface area contributed by atoms with Gasteiger partial charge in [-0.1, -0.05) is 6.07 Å². The SMILES string of the molecule is CNc1ccc(N2CCC(c3nncn3C)CC2)c(-c2cccnc2)c1. The Morgan fingerprint density at radius 2 is 2.00 bits per heavy atom. The topological polar surface area (TPSA) is 58.9 Å². The minimum atomic E-state index is 0.483. The van der Waals surface area contributed by atoms with Crippen molar-refractivity contribution in [3.8, 4) is 11.1 Å². The van der Waals surface area contributed by atoms with E-state index in [-0.39, 0.29) is 0 Å². The van der Waals surface area contributed by atoms with Gasteiger partial charge in [0.1, 0.15) is 12.2 Å². The van der Waals surface area contributed by atoms with Crippen molar-refractivity contribution in [2.24, 2.45) is 7.05 Å². The van der Waals surface area contributed by atoms with Crippen molar-refractivity contribution in [1.82, 2.24) is 19.7 Å². The smallest absolute Gasteiger partial charge is 0.135 e. The van der Waals surface area contributed by atoms with E-state index < -0.39 is 0 Å². The molecule has 26 heavy (non-hydrogen) atoms. The van der Waals surface area contributed by atoms with Crippen molar-refractivity contribution in [2.75, 3.05) is 30.4 Å². The summed E-state index contributed by atoms with van der Waals surface area (Å²) in [6.45, 7) is 2.04. The molecule has 1 aliphatic heterocycles. The lowest BCUT2D eigenvalue weighted by atomic mass is 9.94. The van der Waals surface area contributed by atoms with Crippen LogP contribution in [0.2, 0.25) is 0 Å². The predicted octanol–water partition coefficient (Wildman–Crippen LogP) is 3.30. The van der Waals surface area contributed by atoms with Gasteiger partial charge in [0.15, 0.2) is 0 Å². The molecule has 6 heteroatoms. The van der Waals surface area contributed by atoms with Crippen LogP contribution < -0.4 is 10.2 Å². The molecule has 1 aromatic carbocycles. The van der Waals surface area contributed by atoms with Crippen LogP contribution in [-0.4, -0.2) is 39.9 Å². The lowest BCUT2D eigenvalue weighted by Gasteiger charge is -2.34. The first-order valence-electron chi connectivity index (χ1n) is 9.07. The second-order valence-corrected chi connectivity index (χ2v) is 6.78. The summed E-state index contributed by atoms with van der Waals surface area (Å²) in [4.78, 5) is 6.78. The van der Waals surface area contributed by atoms with E-state index in [0.29, 0.717) is 5.92 Å². The maximum atomic E-state index is 4.30. The molecule has 1 N–H and O–H groups in total. The Hall–Kier alpha value is -2.89. The predicted molar refractivity (Wildman–Crippen MR) is 104 cm³/mol. The van der Waals surface area contributed by atoms with Gasteiger partial charge in [0.05, 0.1) is 0 Å². The van der Waals surface area contributed by atoms with Crippen molar-refractivity contribution >= 4 is 11.4 Å². The van der Waals surface area contributed by atoms with Crippen LogP contribution in [0.5, 0.6) is 0 Å². The summed E-state index contributed by atoms with van der Waals surface area (Å²) in [6, 6.07) is 10.7. The van der Waals surface area contributed by atoms with Gasteiger partial charge >= 0.3 is 0 Å². The second-order valence-electron chi connectivity index (χ2n) is 6.78. The molecule has 0 atom stereocenters. The molecule has 0 aliphatic carbocycles. The van der Waals surface area contributed by atoms with E-state index in [1.807, 2.05) is 37.1 Å². The zero-order chi connectivity index (χ0) is 17.9. The van der Waals surface area contributed by atoms with Crippen LogP contribution in [0.4, 0.5) is 11.4 Å². The number of hydrogen-bond donors (Lipinski definition) is 1. The minimum absolute atomic E-state index is 0.483. The van der Waals surface area contributed by atoms with E-state index in [4.69, 9.17) is 0 Å². The number of aryl methyl sites for hydroxylation is 1. The van der Waals surface area contributed by atoms with Crippen molar-refractivity contribution in [1.29, 1.82) is 0 Å². The van der Waals surface area contributed by atoms with E-state index in [0.717, 1.165) is 43.0 Å². The number of nitrogens with one attached hydrogen (secondary N) is 1. The first-order valence-corrected chi connectivity index (χ1v) is 9.07. The number of pyridine rings is 1. The van der Waals surface area contributed by atoms with Gasteiger partial charge in [0.2, 0.25) is 0 Å². The van der Waals surface area contributed by atoms with Gasteiger partial charge in [-0.15, -0.1) is 10.2 Å². The van der Waals surface area contributed by atoms with Crippen LogP contribution in [0, 0.1) is 0 Å². The average Bonchev–Trinajstić information content (AvgIpc) is 3.14. The number of aromatic nitrogens is 4. The van der Waals surface area contributed by atoms with E-state index in [1.54, 1.807) is 6.33 Å². The highest BCUT2D eigenvalue weighted by Gasteiger charge is 2.25. The third kappa shape index (κ3) is 3.14. The number of piperidine rings is 1. The number of benzene rings is 1. The van der Waals surface area contributed by atoms with E-state index in [1.165, 1.54) is 11.3 Å². The molecule has 3 aromatic rings. The van der Waals surface area contributed by atoms with Crippen molar-refractivity contribution in [3.63, 3.8) is 0 Å². The minimum Gasteiger partial charge on any atom is -0.388 e. The summed E-state index contributed by atoms with van der Waals surface area (Å²) < 4.78 is 2.04. The Morgan fingerprint density at radius 3 is 2.65 bits per heavy atom. The maximum absolute atomic E-state index is 4.30. The molecule has 4 rings (SSSR count). The van der Waals surface area contributed by atoms with Crippen LogP contribution in [0.25, 0.3) is 11.1 Å². The fourth-order valence-corrected chi connectivity index (χ4v) is 3.76. The molecule has 0 saturated carbocycles. The largest absolute Gasteiger partial charge is 0.388 e. The highest BCUT2D eigenvalue weighted by Crippen LogP contribution is 2.36.